The smallest absolute Gasteiger partial charge is 0.143 e. The lowest BCUT2D eigenvalue weighted by Crippen LogP contribution is -1.96. The molecule has 0 fully saturated rings. The van der Waals surface area contributed by atoms with Crippen molar-refractivity contribution in [1.29, 1.82) is 0 Å². The van der Waals surface area contributed by atoms with Gasteiger partial charge in [0.1, 0.15) is 11.2 Å². The monoisotopic (exact) mass is 845 g/mol. The molecule has 5 aromatic heterocycles. The second kappa shape index (κ2) is 13.1. The minimum absolute atomic E-state index is 0.876. The van der Waals surface area contributed by atoms with Crippen molar-refractivity contribution in [2.75, 3.05) is 0 Å². The second-order valence-electron chi connectivity index (χ2n) is 17.2. The van der Waals surface area contributed by atoms with Crippen LogP contribution in [0.25, 0.3) is 136 Å². The molecule has 0 amide bonds. The molecule has 0 spiro atoms. The summed E-state index contributed by atoms with van der Waals surface area (Å²) in [5.74, 6) is 0. The number of rotatable bonds is 4. The number of nitrogens with zero attached hydrogens (tertiary/aromatic N) is 3. The van der Waals surface area contributed by atoms with Crippen molar-refractivity contribution in [1.82, 2.24) is 13.7 Å². The summed E-state index contributed by atoms with van der Waals surface area (Å²) in [6, 6.07) is 77.7. The summed E-state index contributed by atoms with van der Waals surface area (Å²) in [6.45, 7) is 0. The van der Waals surface area contributed by atoms with Crippen LogP contribution >= 0.6 is 11.3 Å². The Hall–Kier alpha value is -8.38. The Kier molecular flexibility index (Phi) is 7.07. The lowest BCUT2D eigenvalue weighted by atomic mass is 9.97. The normalized spacial score (nSPS) is 12.3. The van der Waals surface area contributed by atoms with Gasteiger partial charge in [-0.1, -0.05) is 121 Å². The number of furan rings is 1. The fourth-order valence-electron chi connectivity index (χ4n) is 11.1. The molecule has 0 aliphatic carbocycles. The predicted octanol–water partition coefficient (Wildman–Crippen LogP) is 16.9. The van der Waals surface area contributed by atoms with Crippen molar-refractivity contribution < 1.29 is 4.42 Å². The van der Waals surface area contributed by atoms with Gasteiger partial charge >= 0.3 is 0 Å². The zero-order valence-electron chi connectivity index (χ0n) is 34.9. The molecule has 0 saturated carbocycles. The van der Waals surface area contributed by atoms with Crippen LogP contribution in [-0.2, 0) is 0 Å². The van der Waals surface area contributed by atoms with Crippen LogP contribution in [0.5, 0.6) is 0 Å². The zero-order chi connectivity index (χ0) is 42.3. The summed E-state index contributed by atoms with van der Waals surface area (Å²) in [5, 5.41) is 12.2. The van der Waals surface area contributed by atoms with Gasteiger partial charge in [0.05, 0.1) is 33.1 Å². The van der Waals surface area contributed by atoms with Gasteiger partial charge in [-0.25, -0.2) is 0 Å². The standard InChI is InChI=1S/C60H35N3OS/c1-6-21-50-39(13-1)40-14-2-7-22-51(40)61(50)36-27-30-54-47(33-36)48-34-37(62-52-23-8-3-15-41(52)42-16-4-9-24-53(42)62)28-31-55(48)63(54)38-29-32-56-49(35-38)45-20-11-19-44(60(45)64-56)43-18-12-26-58-59(43)46-17-5-10-25-57(46)65-58/h1-35H. The summed E-state index contributed by atoms with van der Waals surface area (Å²) in [5.41, 5.74) is 14.5. The average molecular weight is 846 g/mol. The van der Waals surface area contributed by atoms with Gasteiger partial charge in [-0.3, -0.25) is 0 Å². The van der Waals surface area contributed by atoms with Crippen molar-refractivity contribution in [3.8, 4) is 28.2 Å². The van der Waals surface area contributed by atoms with E-state index in [1.807, 2.05) is 11.3 Å². The van der Waals surface area contributed by atoms with Crippen LogP contribution in [0.4, 0.5) is 0 Å². The van der Waals surface area contributed by atoms with Crippen LogP contribution < -0.4 is 0 Å². The predicted molar refractivity (Wildman–Crippen MR) is 275 cm³/mol. The third-order valence-corrected chi connectivity index (χ3v) is 15.0. The van der Waals surface area contributed by atoms with E-state index in [1.165, 1.54) is 80.1 Å². The fourth-order valence-corrected chi connectivity index (χ4v) is 12.2. The fraction of sp³-hybridized carbons (Fsp3) is 0. The first-order valence-corrected chi connectivity index (χ1v) is 23.0. The van der Waals surface area contributed by atoms with Gasteiger partial charge in [-0.15, -0.1) is 11.3 Å². The number of para-hydroxylation sites is 5. The first-order chi connectivity index (χ1) is 32.2. The summed E-state index contributed by atoms with van der Waals surface area (Å²) in [6.07, 6.45) is 0. The number of fused-ring (bicyclic) bond motifs is 15. The summed E-state index contributed by atoms with van der Waals surface area (Å²) in [4.78, 5) is 0. The number of hydrogen-bond acceptors (Lipinski definition) is 2. The molecule has 0 saturated heterocycles. The highest BCUT2D eigenvalue weighted by Gasteiger charge is 2.21. The van der Waals surface area contributed by atoms with E-state index in [1.54, 1.807) is 0 Å². The minimum Gasteiger partial charge on any atom is -0.455 e. The highest BCUT2D eigenvalue weighted by atomic mass is 32.1. The van der Waals surface area contributed by atoms with E-state index in [9.17, 15) is 0 Å². The molecule has 65 heavy (non-hydrogen) atoms. The molecular formula is C60H35N3OS. The Bertz CT molecular complexity index is 4220. The topological polar surface area (TPSA) is 27.9 Å². The zero-order valence-corrected chi connectivity index (χ0v) is 35.7. The highest BCUT2D eigenvalue weighted by molar-refractivity contribution is 7.25. The molecule has 5 heteroatoms. The van der Waals surface area contributed by atoms with E-state index in [2.05, 4.69) is 226 Å². The molecular weight excluding hydrogens is 811 g/mol. The Morgan fingerprint density at radius 2 is 0.708 bits per heavy atom. The Balaban J connectivity index is 0.984. The van der Waals surface area contributed by atoms with Crippen molar-refractivity contribution >= 4 is 119 Å². The number of hydrogen-bond donors (Lipinski definition) is 0. The summed E-state index contributed by atoms with van der Waals surface area (Å²) < 4.78 is 16.7. The highest BCUT2D eigenvalue weighted by Crippen LogP contribution is 2.45. The van der Waals surface area contributed by atoms with Crippen LogP contribution in [0.2, 0.25) is 0 Å². The summed E-state index contributed by atoms with van der Waals surface area (Å²) >= 11 is 1.85. The van der Waals surface area contributed by atoms with E-state index in [-0.39, 0.29) is 0 Å². The van der Waals surface area contributed by atoms with Gasteiger partial charge in [-0.05, 0) is 96.6 Å². The lowest BCUT2D eigenvalue weighted by molar-refractivity contribution is 0.670. The van der Waals surface area contributed by atoms with Crippen molar-refractivity contribution in [2.45, 2.75) is 0 Å². The molecule has 0 aliphatic heterocycles. The Morgan fingerprint density at radius 1 is 0.292 bits per heavy atom. The first kappa shape index (κ1) is 35.1. The van der Waals surface area contributed by atoms with Gasteiger partial charge in [0.15, 0.2) is 0 Å². The van der Waals surface area contributed by atoms with Crippen LogP contribution in [0.15, 0.2) is 217 Å². The largest absolute Gasteiger partial charge is 0.455 e. The molecule has 0 radical (unpaired) electrons. The Morgan fingerprint density at radius 3 is 1.28 bits per heavy atom. The third-order valence-electron chi connectivity index (χ3n) is 13.8. The average Bonchev–Trinajstić information content (AvgIpc) is 4.17. The first-order valence-electron chi connectivity index (χ1n) is 22.2. The van der Waals surface area contributed by atoms with E-state index in [4.69, 9.17) is 4.42 Å². The quantitative estimate of drug-likeness (QED) is 0.173. The van der Waals surface area contributed by atoms with Crippen LogP contribution in [-0.4, -0.2) is 13.7 Å². The molecule has 10 aromatic carbocycles. The molecule has 0 aliphatic rings. The van der Waals surface area contributed by atoms with E-state index in [0.29, 0.717) is 0 Å². The van der Waals surface area contributed by atoms with Crippen LogP contribution in [0, 0.1) is 0 Å². The molecule has 4 nitrogen and oxygen atoms in total. The van der Waals surface area contributed by atoms with Gasteiger partial charge in [0.25, 0.3) is 0 Å². The third kappa shape index (κ3) is 4.85. The molecule has 0 atom stereocenters. The van der Waals surface area contributed by atoms with Gasteiger partial charge in [0, 0.05) is 85.9 Å². The molecule has 15 aromatic rings. The maximum Gasteiger partial charge on any atom is 0.143 e. The number of aromatic nitrogens is 3. The SMILES string of the molecule is c1ccc2c(c1)sc1cccc(-c3cccc4c3oc3ccc(-n5c6ccc(-n7c8ccccc8c8ccccc87)cc6c6cc(-n7c8ccccc8c8ccccc87)ccc65)cc34)c12. The van der Waals surface area contributed by atoms with Crippen LogP contribution in [0.1, 0.15) is 0 Å². The van der Waals surface area contributed by atoms with E-state index < -0.39 is 0 Å². The van der Waals surface area contributed by atoms with E-state index >= 15 is 0 Å². The molecule has 15 rings (SSSR count). The maximum absolute atomic E-state index is 6.87. The lowest BCUT2D eigenvalue weighted by Gasteiger charge is -2.11. The molecule has 0 bridgehead atoms. The molecule has 302 valence electrons. The van der Waals surface area contributed by atoms with E-state index in [0.717, 1.165) is 55.6 Å². The molecule has 5 heterocycles. The van der Waals surface area contributed by atoms with Crippen molar-refractivity contribution in [3.05, 3.63) is 212 Å². The summed E-state index contributed by atoms with van der Waals surface area (Å²) in [7, 11) is 0. The minimum atomic E-state index is 0.876. The molecule has 0 N–H and O–H groups in total. The Labute approximate surface area is 375 Å². The van der Waals surface area contributed by atoms with Gasteiger partial charge in [0.2, 0.25) is 0 Å². The maximum atomic E-state index is 6.87. The number of benzene rings is 10. The van der Waals surface area contributed by atoms with Crippen molar-refractivity contribution in [3.63, 3.8) is 0 Å². The van der Waals surface area contributed by atoms with Gasteiger partial charge in [-0.2, -0.15) is 0 Å². The number of thiophene rings is 1. The van der Waals surface area contributed by atoms with Gasteiger partial charge < -0.3 is 18.1 Å². The van der Waals surface area contributed by atoms with Crippen LogP contribution in [0.3, 0.4) is 0 Å². The molecule has 0 unspecified atom stereocenters. The second-order valence-corrected chi connectivity index (χ2v) is 18.3. The van der Waals surface area contributed by atoms with Crippen molar-refractivity contribution in [2.24, 2.45) is 0 Å².